The van der Waals surface area contributed by atoms with E-state index in [1.54, 1.807) is 18.9 Å². The molecule has 0 saturated heterocycles. The largest absolute Gasteiger partial charge is 0.497 e. The second-order valence-electron chi connectivity index (χ2n) is 7.17. The fraction of sp³-hybridized carbons (Fsp3) is 0.250. The van der Waals surface area contributed by atoms with E-state index in [2.05, 4.69) is 27.9 Å². The summed E-state index contributed by atoms with van der Waals surface area (Å²) in [5.41, 5.74) is 5.37. The van der Waals surface area contributed by atoms with Gasteiger partial charge in [0.1, 0.15) is 11.6 Å². The van der Waals surface area contributed by atoms with Gasteiger partial charge in [0.15, 0.2) is 5.16 Å². The Bertz CT molecular complexity index is 1160. The number of halogens is 1. The molecule has 0 atom stereocenters. The Hall–Kier alpha value is -2.51. The molecule has 0 aliphatic rings. The van der Waals surface area contributed by atoms with Gasteiger partial charge in [0.2, 0.25) is 0 Å². The first kappa shape index (κ1) is 21.7. The molecular weight excluding hydrogens is 429 g/mol. The van der Waals surface area contributed by atoms with Gasteiger partial charge in [0, 0.05) is 22.9 Å². The van der Waals surface area contributed by atoms with Gasteiger partial charge in [-0.05, 0) is 67.0 Å². The summed E-state index contributed by atoms with van der Waals surface area (Å²) in [5, 5.41) is 0.877. The molecule has 0 bridgehead atoms. The highest BCUT2D eigenvalue weighted by molar-refractivity contribution is 7.99. The third-order valence-electron chi connectivity index (χ3n) is 5.05. The number of aryl methyl sites for hydroxylation is 1. The molecule has 160 valence electrons. The first-order valence-corrected chi connectivity index (χ1v) is 12.1. The Kier molecular flexibility index (Phi) is 7.14. The number of rotatable bonds is 9. The van der Waals surface area contributed by atoms with Gasteiger partial charge in [-0.25, -0.2) is 9.37 Å². The van der Waals surface area contributed by atoms with Gasteiger partial charge in [0.25, 0.3) is 0 Å². The number of methoxy groups -OCH3 is 1. The third kappa shape index (κ3) is 5.60. The van der Waals surface area contributed by atoms with Crippen LogP contribution in [0.3, 0.4) is 0 Å². The molecule has 4 rings (SSSR count). The number of aromatic amines is 1. The quantitative estimate of drug-likeness (QED) is 0.234. The van der Waals surface area contributed by atoms with Crippen LogP contribution in [0.4, 0.5) is 4.39 Å². The van der Waals surface area contributed by atoms with E-state index < -0.39 is 0 Å². The standard InChI is InChI=1S/C24H24FN3OS2/c1-16-22(15-31-24-27-20-10-9-19(29-2)14-21(20)28-24)26-12-11-23(16)30-13-3-4-17-5-7-18(25)8-6-17/h5-12,14H,3-4,13,15H2,1-2H3,(H,27,28). The van der Waals surface area contributed by atoms with Gasteiger partial charge in [0.05, 0.1) is 23.8 Å². The van der Waals surface area contributed by atoms with Crippen molar-refractivity contribution in [2.45, 2.75) is 35.6 Å². The number of nitrogens with zero attached hydrogens (tertiary/aromatic N) is 2. The summed E-state index contributed by atoms with van der Waals surface area (Å²) in [6.07, 6.45) is 3.89. The Labute approximate surface area is 190 Å². The molecule has 31 heavy (non-hydrogen) atoms. The summed E-state index contributed by atoms with van der Waals surface area (Å²) in [4.78, 5) is 13.8. The molecule has 0 unspecified atom stereocenters. The highest BCUT2D eigenvalue weighted by atomic mass is 32.2. The molecule has 0 radical (unpaired) electrons. The van der Waals surface area contributed by atoms with E-state index in [1.807, 2.05) is 48.3 Å². The number of H-pyrrole nitrogens is 1. The van der Waals surface area contributed by atoms with Crippen molar-refractivity contribution in [1.29, 1.82) is 0 Å². The second-order valence-corrected chi connectivity index (χ2v) is 9.27. The number of thioether (sulfide) groups is 2. The first-order chi connectivity index (χ1) is 15.1. The van der Waals surface area contributed by atoms with Crippen molar-refractivity contribution in [3.63, 3.8) is 0 Å². The van der Waals surface area contributed by atoms with Crippen molar-refractivity contribution in [3.05, 3.63) is 77.4 Å². The number of imidazole rings is 1. The smallest absolute Gasteiger partial charge is 0.166 e. The molecule has 0 aliphatic carbocycles. The predicted octanol–water partition coefficient (Wildman–Crippen LogP) is 6.43. The van der Waals surface area contributed by atoms with Gasteiger partial charge in [-0.15, -0.1) is 11.8 Å². The molecule has 2 aromatic carbocycles. The molecule has 1 N–H and O–H groups in total. The van der Waals surface area contributed by atoms with Crippen LogP contribution in [0.1, 0.15) is 23.2 Å². The molecule has 4 aromatic rings. The second kappa shape index (κ2) is 10.2. The number of benzene rings is 2. The van der Waals surface area contributed by atoms with Gasteiger partial charge in [-0.1, -0.05) is 23.9 Å². The molecule has 0 amide bonds. The normalized spacial score (nSPS) is 11.2. The zero-order chi connectivity index (χ0) is 21.6. The van der Waals surface area contributed by atoms with Crippen molar-refractivity contribution in [2.24, 2.45) is 0 Å². The Balaban J connectivity index is 1.33. The summed E-state index contributed by atoms with van der Waals surface area (Å²) in [6, 6.07) is 14.7. The zero-order valence-electron chi connectivity index (χ0n) is 17.5. The lowest BCUT2D eigenvalue weighted by Gasteiger charge is -2.09. The van der Waals surface area contributed by atoms with E-state index in [1.165, 1.54) is 28.2 Å². The van der Waals surface area contributed by atoms with Crippen LogP contribution in [-0.4, -0.2) is 27.8 Å². The van der Waals surface area contributed by atoms with Crippen molar-refractivity contribution in [2.75, 3.05) is 12.9 Å². The zero-order valence-corrected chi connectivity index (χ0v) is 19.2. The maximum absolute atomic E-state index is 13.0. The summed E-state index contributed by atoms with van der Waals surface area (Å²) in [7, 11) is 1.66. The fourth-order valence-corrected chi connectivity index (χ4v) is 5.18. The predicted molar refractivity (Wildman–Crippen MR) is 127 cm³/mol. The van der Waals surface area contributed by atoms with Gasteiger partial charge in [-0.2, -0.15) is 0 Å². The molecule has 0 saturated carbocycles. The lowest BCUT2D eigenvalue weighted by Crippen LogP contribution is -1.95. The number of aromatic nitrogens is 3. The number of nitrogens with one attached hydrogen (secondary N) is 1. The molecule has 4 nitrogen and oxygen atoms in total. The molecule has 0 aliphatic heterocycles. The lowest BCUT2D eigenvalue weighted by atomic mass is 10.1. The summed E-state index contributed by atoms with van der Waals surface area (Å²) in [5.74, 6) is 2.40. The average Bonchev–Trinajstić information content (AvgIpc) is 3.20. The van der Waals surface area contributed by atoms with Crippen LogP contribution < -0.4 is 4.74 Å². The van der Waals surface area contributed by atoms with E-state index in [-0.39, 0.29) is 5.82 Å². The molecule has 2 heterocycles. The SMILES string of the molecule is COc1ccc2nc(SCc3nccc(SCCCc4ccc(F)cc4)c3C)[nH]c2c1. The van der Waals surface area contributed by atoms with E-state index in [9.17, 15) is 4.39 Å². The monoisotopic (exact) mass is 453 g/mol. The minimum absolute atomic E-state index is 0.182. The van der Waals surface area contributed by atoms with E-state index in [0.29, 0.717) is 0 Å². The number of pyridine rings is 1. The third-order valence-corrected chi connectivity index (χ3v) is 7.18. The number of fused-ring (bicyclic) bond motifs is 1. The number of hydrogen-bond acceptors (Lipinski definition) is 5. The van der Waals surface area contributed by atoms with Gasteiger partial charge in [-0.3, -0.25) is 4.98 Å². The summed E-state index contributed by atoms with van der Waals surface area (Å²) >= 11 is 3.50. The fourth-order valence-electron chi connectivity index (χ4n) is 3.27. The number of hydrogen-bond donors (Lipinski definition) is 1. The van der Waals surface area contributed by atoms with Crippen molar-refractivity contribution >= 4 is 34.6 Å². The Morgan fingerprint density at radius 2 is 1.90 bits per heavy atom. The molecule has 0 spiro atoms. The van der Waals surface area contributed by atoms with Gasteiger partial charge < -0.3 is 9.72 Å². The molecule has 0 fully saturated rings. The van der Waals surface area contributed by atoms with E-state index in [4.69, 9.17) is 4.74 Å². The molecule has 2 aromatic heterocycles. The van der Waals surface area contributed by atoms with Crippen LogP contribution in [0.2, 0.25) is 0 Å². The van der Waals surface area contributed by atoms with Crippen molar-refractivity contribution in [3.8, 4) is 5.75 Å². The molecular formula is C24H24FN3OS2. The topological polar surface area (TPSA) is 50.8 Å². The van der Waals surface area contributed by atoms with Crippen molar-refractivity contribution in [1.82, 2.24) is 15.0 Å². The van der Waals surface area contributed by atoms with Crippen LogP contribution in [0.5, 0.6) is 5.75 Å². The maximum Gasteiger partial charge on any atom is 0.166 e. The van der Waals surface area contributed by atoms with Crippen molar-refractivity contribution < 1.29 is 9.13 Å². The Morgan fingerprint density at radius 1 is 1.06 bits per heavy atom. The average molecular weight is 454 g/mol. The minimum atomic E-state index is -0.182. The molecule has 7 heteroatoms. The van der Waals surface area contributed by atoms with E-state index >= 15 is 0 Å². The first-order valence-electron chi connectivity index (χ1n) is 10.1. The van der Waals surface area contributed by atoms with Crippen LogP contribution in [0.15, 0.2) is 64.8 Å². The highest BCUT2D eigenvalue weighted by Crippen LogP contribution is 2.29. The minimum Gasteiger partial charge on any atom is -0.497 e. The van der Waals surface area contributed by atoms with Crippen LogP contribution in [-0.2, 0) is 12.2 Å². The van der Waals surface area contributed by atoms with Crippen LogP contribution >= 0.6 is 23.5 Å². The summed E-state index contributed by atoms with van der Waals surface area (Å²) < 4.78 is 18.3. The Morgan fingerprint density at radius 3 is 2.71 bits per heavy atom. The number of ether oxygens (including phenoxy) is 1. The summed E-state index contributed by atoms with van der Waals surface area (Å²) in [6.45, 7) is 2.13. The van der Waals surface area contributed by atoms with Gasteiger partial charge >= 0.3 is 0 Å². The lowest BCUT2D eigenvalue weighted by molar-refractivity contribution is 0.415. The maximum atomic E-state index is 13.0. The van der Waals surface area contributed by atoms with Crippen LogP contribution in [0, 0.1) is 12.7 Å². The highest BCUT2D eigenvalue weighted by Gasteiger charge is 2.10. The van der Waals surface area contributed by atoms with Crippen LogP contribution in [0.25, 0.3) is 11.0 Å². The van der Waals surface area contributed by atoms with E-state index in [0.717, 1.165) is 52.0 Å².